The molecule has 0 atom stereocenters. The molecule has 2 nitrogen and oxygen atoms in total. The Morgan fingerprint density at radius 1 is 1.33 bits per heavy atom. The second-order valence-electron chi connectivity index (χ2n) is 1.42. The summed E-state index contributed by atoms with van der Waals surface area (Å²) in [6, 6.07) is 0. The Bertz CT molecular complexity index is 36.4. The van der Waals surface area contributed by atoms with E-state index in [1.54, 1.807) is 0 Å². The molecule has 0 unspecified atom stereocenters. The molecule has 0 rings (SSSR count). The minimum absolute atomic E-state index is 0. The molecule has 0 saturated heterocycles. The molecule has 0 amide bonds. The zero-order chi connectivity index (χ0) is 5.70. The van der Waals surface area contributed by atoms with Crippen LogP contribution >= 0.6 is 0 Å². The Labute approximate surface area is 84.1 Å². The molecule has 9 heavy (non-hydrogen) atoms. The molecule has 0 aliphatic carbocycles. The SMILES string of the molecule is [Br-].[CH2-]CC(NC)NC.[Mg+2]. The second-order valence-corrected chi connectivity index (χ2v) is 1.42. The quantitative estimate of drug-likeness (QED) is 0.285. The number of hydrogen-bond acceptors (Lipinski definition) is 2. The van der Waals surface area contributed by atoms with Crippen LogP contribution in [0.1, 0.15) is 6.42 Å². The third-order valence-electron chi connectivity index (χ3n) is 0.986. The maximum Gasteiger partial charge on any atom is 2.00 e. The van der Waals surface area contributed by atoms with Crippen LogP contribution in [-0.4, -0.2) is 43.3 Å². The zero-order valence-corrected chi connectivity index (χ0v) is 9.08. The molecule has 52 valence electrons. The molecular weight excluding hydrogens is 192 g/mol. The van der Waals surface area contributed by atoms with Crippen molar-refractivity contribution in [2.24, 2.45) is 0 Å². The summed E-state index contributed by atoms with van der Waals surface area (Å²) in [4.78, 5) is 0. The summed E-state index contributed by atoms with van der Waals surface area (Å²) in [6.45, 7) is 3.70. The van der Waals surface area contributed by atoms with E-state index in [-0.39, 0.29) is 40.0 Å². The fraction of sp³-hybridized carbons (Fsp3) is 0.800. The van der Waals surface area contributed by atoms with Crippen LogP contribution in [0.25, 0.3) is 0 Å². The fourth-order valence-corrected chi connectivity index (χ4v) is 0.433. The zero-order valence-electron chi connectivity index (χ0n) is 6.08. The predicted octanol–water partition coefficient (Wildman–Crippen LogP) is -3.40. The molecule has 4 heteroatoms. The predicted molar refractivity (Wildman–Crippen MR) is 37.6 cm³/mol. The summed E-state index contributed by atoms with van der Waals surface area (Å²) in [5.41, 5.74) is 0. The van der Waals surface area contributed by atoms with Crippen molar-refractivity contribution in [2.45, 2.75) is 12.6 Å². The average Bonchev–Trinajstić information content (AvgIpc) is 1.72. The van der Waals surface area contributed by atoms with Gasteiger partial charge in [0.2, 0.25) is 0 Å². The van der Waals surface area contributed by atoms with Crippen LogP contribution in [0.3, 0.4) is 0 Å². The maximum atomic E-state index is 3.70. The Morgan fingerprint density at radius 2 is 1.67 bits per heavy atom. The van der Waals surface area contributed by atoms with Crippen molar-refractivity contribution in [3.05, 3.63) is 6.92 Å². The summed E-state index contributed by atoms with van der Waals surface area (Å²) in [6.07, 6.45) is 1.26. The fourth-order valence-electron chi connectivity index (χ4n) is 0.433. The van der Waals surface area contributed by atoms with E-state index in [1.807, 2.05) is 14.1 Å². The van der Waals surface area contributed by atoms with Crippen LogP contribution in [0.5, 0.6) is 0 Å². The van der Waals surface area contributed by atoms with E-state index in [4.69, 9.17) is 0 Å². The molecular formula is C5H13BrMgN2. The van der Waals surface area contributed by atoms with E-state index in [2.05, 4.69) is 17.6 Å². The van der Waals surface area contributed by atoms with Gasteiger partial charge >= 0.3 is 23.1 Å². The van der Waals surface area contributed by atoms with Crippen LogP contribution in [0.15, 0.2) is 0 Å². The van der Waals surface area contributed by atoms with Crippen LogP contribution < -0.4 is 27.6 Å². The molecule has 0 aromatic rings. The third kappa shape index (κ3) is 9.17. The molecule has 0 aliphatic rings. The van der Waals surface area contributed by atoms with Crippen LogP contribution in [0.4, 0.5) is 0 Å². The van der Waals surface area contributed by atoms with E-state index < -0.39 is 0 Å². The van der Waals surface area contributed by atoms with Gasteiger partial charge in [0.1, 0.15) is 0 Å². The first-order valence-electron chi connectivity index (χ1n) is 2.49. The summed E-state index contributed by atoms with van der Waals surface area (Å²) < 4.78 is 0. The van der Waals surface area contributed by atoms with Crippen LogP contribution in [-0.2, 0) is 0 Å². The summed E-state index contributed by atoms with van der Waals surface area (Å²) in [5.74, 6) is 0. The maximum absolute atomic E-state index is 3.70. The largest absolute Gasteiger partial charge is 2.00 e. The molecule has 0 bridgehead atoms. The Hall–Kier alpha value is 1.17. The van der Waals surface area contributed by atoms with Crippen molar-refractivity contribution in [1.29, 1.82) is 0 Å². The van der Waals surface area contributed by atoms with Gasteiger partial charge in [0.05, 0.1) is 0 Å². The first-order valence-corrected chi connectivity index (χ1v) is 2.49. The van der Waals surface area contributed by atoms with E-state index in [0.29, 0.717) is 6.17 Å². The van der Waals surface area contributed by atoms with Crippen molar-refractivity contribution < 1.29 is 17.0 Å². The van der Waals surface area contributed by atoms with Crippen molar-refractivity contribution >= 4 is 23.1 Å². The number of rotatable bonds is 3. The molecule has 2 N–H and O–H groups in total. The number of nitrogens with one attached hydrogen (secondary N) is 2. The van der Waals surface area contributed by atoms with E-state index in [0.717, 1.165) is 6.42 Å². The standard InChI is InChI=1S/C5H13N2.BrH.Mg/c1-4-5(6-2)7-3;;/h5-7H,1,4H2,2-3H3;1H;/q-1;;+2/p-1. The third-order valence-corrected chi connectivity index (χ3v) is 0.986. The van der Waals surface area contributed by atoms with Crippen molar-refractivity contribution in [3.8, 4) is 0 Å². The van der Waals surface area contributed by atoms with Gasteiger partial charge in [-0.15, -0.1) is 0 Å². The number of hydrogen-bond donors (Lipinski definition) is 2. The van der Waals surface area contributed by atoms with E-state index >= 15 is 0 Å². The molecule has 0 radical (unpaired) electrons. The first kappa shape index (κ1) is 16.6. The van der Waals surface area contributed by atoms with Gasteiger partial charge in [-0.1, -0.05) is 0 Å². The average molecular weight is 205 g/mol. The van der Waals surface area contributed by atoms with Crippen molar-refractivity contribution in [2.75, 3.05) is 14.1 Å². The van der Waals surface area contributed by atoms with E-state index in [1.165, 1.54) is 0 Å². The molecule has 0 fully saturated rings. The normalized spacial score (nSPS) is 8.00. The van der Waals surface area contributed by atoms with Gasteiger partial charge in [-0.25, -0.2) is 0 Å². The molecule has 0 aliphatic heterocycles. The van der Waals surface area contributed by atoms with Crippen LogP contribution in [0.2, 0.25) is 0 Å². The Morgan fingerprint density at radius 3 is 1.67 bits per heavy atom. The second kappa shape index (κ2) is 11.9. The van der Waals surface area contributed by atoms with Crippen molar-refractivity contribution in [3.63, 3.8) is 0 Å². The van der Waals surface area contributed by atoms with Gasteiger partial charge in [-0.05, 0) is 14.1 Å². The molecule has 0 heterocycles. The van der Waals surface area contributed by atoms with Gasteiger partial charge < -0.3 is 34.5 Å². The summed E-state index contributed by atoms with van der Waals surface area (Å²) >= 11 is 0. The minimum atomic E-state index is 0. The van der Waals surface area contributed by atoms with Crippen LogP contribution in [0, 0.1) is 6.92 Å². The van der Waals surface area contributed by atoms with Gasteiger partial charge in [0.15, 0.2) is 0 Å². The molecule has 0 spiro atoms. The topological polar surface area (TPSA) is 24.1 Å². The van der Waals surface area contributed by atoms with E-state index in [9.17, 15) is 0 Å². The molecule has 0 saturated carbocycles. The Kier molecular flexibility index (Phi) is 22.0. The summed E-state index contributed by atoms with van der Waals surface area (Å²) in [7, 11) is 3.82. The van der Waals surface area contributed by atoms with Gasteiger partial charge in [0.25, 0.3) is 0 Å². The van der Waals surface area contributed by atoms with Gasteiger partial charge in [0, 0.05) is 6.17 Å². The minimum Gasteiger partial charge on any atom is -1.00 e. The van der Waals surface area contributed by atoms with Gasteiger partial charge in [-0.2, -0.15) is 6.42 Å². The Balaban J connectivity index is -0.000000180. The molecule has 0 aromatic carbocycles. The number of halogens is 1. The van der Waals surface area contributed by atoms with Crippen molar-refractivity contribution in [1.82, 2.24) is 10.6 Å². The first-order chi connectivity index (χ1) is 3.35. The van der Waals surface area contributed by atoms with Gasteiger partial charge in [-0.3, -0.25) is 0 Å². The smallest absolute Gasteiger partial charge is 1.00 e. The summed E-state index contributed by atoms with van der Waals surface area (Å²) in [5, 5.41) is 6.06. The monoisotopic (exact) mass is 204 g/mol. The molecule has 0 aromatic heterocycles.